The molecule has 0 radical (unpaired) electrons. The van der Waals surface area contributed by atoms with E-state index >= 15 is 0 Å². The molecular formula is C20H20N2O2. The van der Waals surface area contributed by atoms with Crippen LogP contribution in [-0.2, 0) is 0 Å². The molecule has 3 aromatic rings. The van der Waals surface area contributed by atoms with E-state index < -0.39 is 0 Å². The van der Waals surface area contributed by atoms with Gasteiger partial charge in [0.15, 0.2) is 0 Å². The summed E-state index contributed by atoms with van der Waals surface area (Å²) in [5.41, 5.74) is 2.24. The molecule has 122 valence electrons. The van der Waals surface area contributed by atoms with Crippen molar-refractivity contribution in [2.24, 2.45) is 0 Å². The summed E-state index contributed by atoms with van der Waals surface area (Å²) in [5, 5.41) is 16.9. The summed E-state index contributed by atoms with van der Waals surface area (Å²) in [5.74, 6) is 0. The average molecular weight is 320 g/mol. The smallest absolute Gasteiger partial charge is 0.269 e. The van der Waals surface area contributed by atoms with E-state index in [1.807, 2.05) is 25.1 Å². The molecule has 4 nitrogen and oxygen atoms in total. The van der Waals surface area contributed by atoms with Crippen LogP contribution in [0.1, 0.15) is 37.1 Å². The van der Waals surface area contributed by atoms with Gasteiger partial charge in [-0.1, -0.05) is 48.5 Å². The van der Waals surface area contributed by atoms with Crippen LogP contribution in [-0.4, -0.2) is 4.92 Å². The average Bonchev–Trinajstić information content (AvgIpc) is 2.61. The Bertz CT molecular complexity index is 876. The second-order valence-electron chi connectivity index (χ2n) is 6.07. The van der Waals surface area contributed by atoms with Gasteiger partial charge in [0, 0.05) is 24.2 Å². The minimum Gasteiger partial charge on any atom is -0.304 e. The van der Waals surface area contributed by atoms with E-state index in [1.54, 1.807) is 12.1 Å². The number of non-ortho nitro benzene ring substituents is 1. The molecule has 0 aromatic heterocycles. The SMILES string of the molecule is CC(NC(C)c1ccc2ccccc2c1)c1cccc([N+](=O)[O-])c1. The van der Waals surface area contributed by atoms with Gasteiger partial charge in [-0.15, -0.1) is 0 Å². The Hall–Kier alpha value is -2.72. The van der Waals surface area contributed by atoms with E-state index in [2.05, 4.69) is 42.6 Å². The largest absolute Gasteiger partial charge is 0.304 e. The molecule has 0 bridgehead atoms. The van der Waals surface area contributed by atoms with Gasteiger partial charge in [0.1, 0.15) is 0 Å². The monoisotopic (exact) mass is 320 g/mol. The highest BCUT2D eigenvalue weighted by atomic mass is 16.6. The number of hydrogen-bond acceptors (Lipinski definition) is 3. The summed E-state index contributed by atoms with van der Waals surface area (Å²) in [6, 6.07) is 21.7. The van der Waals surface area contributed by atoms with E-state index in [0.29, 0.717) is 0 Å². The maximum Gasteiger partial charge on any atom is 0.269 e. The summed E-state index contributed by atoms with van der Waals surface area (Å²) in [7, 11) is 0. The van der Waals surface area contributed by atoms with Crippen LogP contribution in [0.5, 0.6) is 0 Å². The number of rotatable bonds is 5. The number of hydrogen-bond donors (Lipinski definition) is 1. The lowest BCUT2D eigenvalue weighted by atomic mass is 10.0. The van der Waals surface area contributed by atoms with Crippen LogP contribution >= 0.6 is 0 Å². The zero-order valence-corrected chi connectivity index (χ0v) is 13.8. The van der Waals surface area contributed by atoms with Gasteiger partial charge in [-0.05, 0) is 41.8 Å². The lowest BCUT2D eigenvalue weighted by Crippen LogP contribution is -2.22. The first kappa shape index (κ1) is 16.1. The zero-order chi connectivity index (χ0) is 17.1. The Morgan fingerprint density at radius 2 is 1.50 bits per heavy atom. The van der Waals surface area contributed by atoms with Crippen molar-refractivity contribution in [3.05, 3.63) is 88.0 Å². The molecule has 0 aliphatic heterocycles. The number of nitrogens with zero attached hydrogens (tertiary/aromatic N) is 1. The van der Waals surface area contributed by atoms with Crippen LogP contribution in [0.4, 0.5) is 5.69 Å². The fraction of sp³-hybridized carbons (Fsp3) is 0.200. The van der Waals surface area contributed by atoms with E-state index in [-0.39, 0.29) is 22.7 Å². The summed E-state index contributed by atoms with van der Waals surface area (Å²) in [6.07, 6.45) is 0. The number of nitrogens with one attached hydrogen (secondary N) is 1. The van der Waals surface area contributed by atoms with Crippen molar-refractivity contribution in [2.45, 2.75) is 25.9 Å². The molecule has 1 N–H and O–H groups in total. The van der Waals surface area contributed by atoms with Crippen LogP contribution in [0.25, 0.3) is 10.8 Å². The lowest BCUT2D eigenvalue weighted by Gasteiger charge is -2.21. The molecule has 2 unspecified atom stereocenters. The lowest BCUT2D eigenvalue weighted by molar-refractivity contribution is -0.384. The normalized spacial score (nSPS) is 13.6. The maximum atomic E-state index is 10.9. The third-order valence-corrected chi connectivity index (χ3v) is 4.35. The van der Waals surface area contributed by atoms with E-state index in [0.717, 1.165) is 5.56 Å². The van der Waals surface area contributed by atoms with E-state index in [9.17, 15) is 10.1 Å². The second kappa shape index (κ2) is 6.81. The standard InChI is InChI=1S/C20H20N2O2/c1-14(17-8-5-9-20(13-17)22(23)24)21-15(2)18-11-10-16-6-3-4-7-19(16)12-18/h3-15,21H,1-2H3. The Balaban J connectivity index is 1.78. The molecule has 0 heterocycles. The van der Waals surface area contributed by atoms with E-state index in [4.69, 9.17) is 0 Å². The first-order chi connectivity index (χ1) is 11.5. The molecule has 4 heteroatoms. The molecule has 0 spiro atoms. The van der Waals surface area contributed by atoms with E-state index in [1.165, 1.54) is 22.4 Å². The minimum atomic E-state index is -0.358. The van der Waals surface area contributed by atoms with Crippen LogP contribution in [0.2, 0.25) is 0 Å². The third kappa shape index (κ3) is 3.44. The summed E-state index contributed by atoms with van der Waals surface area (Å²) in [6.45, 7) is 4.13. The fourth-order valence-corrected chi connectivity index (χ4v) is 2.95. The topological polar surface area (TPSA) is 55.2 Å². The molecule has 2 atom stereocenters. The Morgan fingerprint density at radius 1 is 0.833 bits per heavy atom. The summed E-state index contributed by atoms with van der Waals surface area (Å²) in [4.78, 5) is 10.6. The number of benzene rings is 3. The molecule has 0 amide bonds. The molecule has 24 heavy (non-hydrogen) atoms. The summed E-state index contributed by atoms with van der Waals surface area (Å²) < 4.78 is 0. The Morgan fingerprint density at radius 3 is 2.21 bits per heavy atom. The van der Waals surface area contributed by atoms with Crippen molar-refractivity contribution < 1.29 is 4.92 Å². The van der Waals surface area contributed by atoms with Crippen molar-refractivity contribution in [3.63, 3.8) is 0 Å². The maximum absolute atomic E-state index is 10.9. The first-order valence-corrected chi connectivity index (χ1v) is 8.03. The zero-order valence-electron chi connectivity index (χ0n) is 13.8. The van der Waals surface area contributed by atoms with Gasteiger partial charge in [-0.2, -0.15) is 0 Å². The van der Waals surface area contributed by atoms with Crippen molar-refractivity contribution in [1.82, 2.24) is 5.32 Å². The van der Waals surface area contributed by atoms with Gasteiger partial charge < -0.3 is 5.32 Å². The van der Waals surface area contributed by atoms with Crippen molar-refractivity contribution in [2.75, 3.05) is 0 Å². The van der Waals surface area contributed by atoms with Crippen molar-refractivity contribution in [3.8, 4) is 0 Å². The molecule has 3 rings (SSSR count). The Labute approximate surface area is 141 Å². The summed E-state index contributed by atoms with van der Waals surface area (Å²) >= 11 is 0. The van der Waals surface area contributed by atoms with Gasteiger partial charge in [0.25, 0.3) is 5.69 Å². The molecular weight excluding hydrogens is 300 g/mol. The van der Waals surface area contributed by atoms with Crippen molar-refractivity contribution in [1.29, 1.82) is 0 Å². The third-order valence-electron chi connectivity index (χ3n) is 4.35. The van der Waals surface area contributed by atoms with Crippen LogP contribution in [0.15, 0.2) is 66.7 Å². The minimum absolute atomic E-state index is 0.0198. The van der Waals surface area contributed by atoms with Gasteiger partial charge in [0.2, 0.25) is 0 Å². The van der Waals surface area contributed by atoms with Gasteiger partial charge in [-0.3, -0.25) is 10.1 Å². The Kier molecular flexibility index (Phi) is 4.58. The van der Waals surface area contributed by atoms with Gasteiger partial charge in [0.05, 0.1) is 4.92 Å². The molecule has 0 fully saturated rings. The quantitative estimate of drug-likeness (QED) is 0.522. The van der Waals surface area contributed by atoms with Gasteiger partial charge in [-0.25, -0.2) is 0 Å². The number of fused-ring (bicyclic) bond motifs is 1. The molecule has 0 saturated carbocycles. The number of nitro groups is 1. The van der Waals surface area contributed by atoms with Crippen LogP contribution in [0.3, 0.4) is 0 Å². The first-order valence-electron chi connectivity index (χ1n) is 8.03. The predicted molar refractivity (Wildman–Crippen MR) is 97.0 cm³/mol. The molecule has 0 aliphatic carbocycles. The predicted octanol–water partition coefficient (Wildman–Crippen LogP) is 5.16. The second-order valence-corrected chi connectivity index (χ2v) is 6.07. The fourth-order valence-electron chi connectivity index (χ4n) is 2.95. The molecule has 3 aromatic carbocycles. The highest BCUT2D eigenvalue weighted by molar-refractivity contribution is 5.83. The van der Waals surface area contributed by atoms with Crippen LogP contribution < -0.4 is 5.32 Å². The van der Waals surface area contributed by atoms with Gasteiger partial charge >= 0.3 is 0 Å². The molecule has 0 saturated heterocycles. The highest BCUT2D eigenvalue weighted by Crippen LogP contribution is 2.24. The number of nitro benzene ring substituents is 1. The van der Waals surface area contributed by atoms with Crippen LogP contribution in [0, 0.1) is 10.1 Å². The van der Waals surface area contributed by atoms with Crippen molar-refractivity contribution >= 4 is 16.5 Å². The molecule has 0 aliphatic rings. The highest BCUT2D eigenvalue weighted by Gasteiger charge is 2.14.